The highest BCUT2D eigenvalue weighted by Crippen LogP contribution is 2.09. The van der Waals surface area contributed by atoms with Gasteiger partial charge < -0.3 is 10.2 Å². The molecule has 0 aromatic rings. The summed E-state index contributed by atoms with van der Waals surface area (Å²) in [7, 11) is 0. The van der Waals surface area contributed by atoms with Crippen LogP contribution in [0.4, 0.5) is 0 Å². The van der Waals surface area contributed by atoms with Crippen LogP contribution in [0.1, 0.15) is 51.9 Å². The molecule has 0 aliphatic rings. The number of unbranched alkanes of at least 4 members (excludes halogenated alkanes) is 5. The van der Waals surface area contributed by atoms with E-state index in [1.54, 1.807) is 24.3 Å². The van der Waals surface area contributed by atoms with Gasteiger partial charge in [-0.2, -0.15) is 0 Å². The van der Waals surface area contributed by atoms with Gasteiger partial charge in [-0.05, 0) is 6.42 Å². The van der Waals surface area contributed by atoms with Gasteiger partial charge in [-0.15, -0.1) is 0 Å². The summed E-state index contributed by atoms with van der Waals surface area (Å²) >= 11 is 0. The van der Waals surface area contributed by atoms with Gasteiger partial charge in [0.2, 0.25) is 0 Å². The van der Waals surface area contributed by atoms with E-state index in [1.165, 1.54) is 38.2 Å². The Morgan fingerprint density at radius 2 is 1.63 bits per heavy atom. The van der Waals surface area contributed by atoms with E-state index >= 15 is 0 Å². The van der Waals surface area contributed by atoms with Crippen LogP contribution in [0, 0.1) is 0 Å². The van der Waals surface area contributed by atoms with Crippen molar-refractivity contribution in [3.8, 4) is 0 Å². The van der Waals surface area contributed by atoms with E-state index in [2.05, 4.69) is 6.92 Å². The molecule has 0 aromatic carbocycles. The molecule has 0 amide bonds. The van der Waals surface area contributed by atoms with E-state index in [0.717, 1.165) is 18.9 Å². The molecule has 0 aliphatic heterocycles. The lowest BCUT2D eigenvalue weighted by Crippen LogP contribution is -2.01. The molecule has 0 radical (unpaired) electrons. The number of aliphatic hydroxyl groups is 1. The fourth-order valence-corrected chi connectivity index (χ4v) is 1.69. The van der Waals surface area contributed by atoms with E-state index in [4.69, 9.17) is 5.11 Å². The number of carboxylic acids is 1. The second kappa shape index (κ2) is 13.1. The lowest BCUT2D eigenvalue weighted by molar-refractivity contribution is -0.131. The van der Waals surface area contributed by atoms with Gasteiger partial charge in [-0.25, -0.2) is 4.79 Å². The van der Waals surface area contributed by atoms with Crippen LogP contribution >= 0.6 is 0 Å². The molecule has 2 N–H and O–H groups in total. The van der Waals surface area contributed by atoms with Crippen molar-refractivity contribution in [2.75, 3.05) is 0 Å². The molecule has 0 unspecified atom stereocenters. The molecule has 1 atom stereocenters. The summed E-state index contributed by atoms with van der Waals surface area (Å²) in [6.45, 7) is 2.20. The van der Waals surface area contributed by atoms with Gasteiger partial charge in [0.15, 0.2) is 0 Å². The second-order valence-corrected chi connectivity index (χ2v) is 4.59. The average molecular weight is 266 g/mol. The van der Waals surface area contributed by atoms with Crippen LogP contribution in [0.25, 0.3) is 0 Å². The smallest absolute Gasteiger partial charge is 0.328 e. The first-order valence-electron chi connectivity index (χ1n) is 7.09. The molecule has 3 nitrogen and oxygen atoms in total. The second-order valence-electron chi connectivity index (χ2n) is 4.59. The Bertz CT molecular complexity index is 303. The number of allylic oxidation sites excluding steroid dienone is 4. The SMILES string of the molecule is CCCCCCCC[C@@H](O)C=CC=CC=CC(=O)O. The van der Waals surface area contributed by atoms with Crippen LogP contribution in [0.3, 0.4) is 0 Å². The number of aliphatic carboxylic acids is 1. The number of hydrogen-bond donors (Lipinski definition) is 2. The molecular formula is C16H26O3. The normalized spacial score (nSPS) is 13.8. The quantitative estimate of drug-likeness (QED) is 0.339. The number of carboxylic acid groups (broad SMARTS) is 1. The molecule has 0 aromatic heterocycles. The van der Waals surface area contributed by atoms with Crippen LogP contribution in [0.15, 0.2) is 36.5 Å². The van der Waals surface area contributed by atoms with Gasteiger partial charge in [0.05, 0.1) is 6.10 Å². The molecule has 0 saturated heterocycles. The third-order valence-electron chi connectivity index (χ3n) is 2.76. The Balaban J connectivity index is 3.56. The zero-order valence-electron chi connectivity index (χ0n) is 11.8. The van der Waals surface area contributed by atoms with Gasteiger partial charge in [-0.3, -0.25) is 0 Å². The van der Waals surface area contributed by atoms with Gasteiger partial charge in [0.1, 0.15) is 0 Å². The molecular weight excluding hydrogens is 240 g/mol. The summed E-state index contributed by atoms with van der Waals surface area (Å²) in [5, 5.41) is 18.0. The van der Waals surface area contributed by atoms with Crippen LogP contribution in [0.2, 0.25) is 0 Å². The van der Waals surface area contributed by atoms with Gasteiger partial charge in [-0.1, -0.05) is 75.8 Å². The summed E-state index contributed by atoms with van der Waals surface area (Å²) in [5.41, 5.74) is 0. The summed E-state index contributed by atoms with van der Waals surface area (Å²) in [4.78, 5) is 10.2. The largest absolute Gasteiger partial charge is 0.478 e. The number of rotatable bonds is 11. The van der Waals surface area contributed by atoms with E-state index in [9.17, 15) is 9.90 Å². The number of aliphatic hydroxyl groups excluding tert-OH is 1. The van der Waals surface area contributed by atoms with E-state index in [0.29, 0.717) is 0 Å². The summed E-state index contributed by atoms with van der Waals surface area (Å²) in [5.74, 6) is -0.961. The van der Waals surface area contributed by atoms with Crippen molar-refractivity contribution in [2.45, 2.75) is 58.0 Å². The van der Waals surface area contributed by atoms with Gasteiger partial charge in [0.25, 0.3) is 0 Å². The zero-order chi connectivity index (χ0) is 14.3. The first-order chi connectivity index (χ1) is 9.16. The molecule has 108 valence electrons. The summed E-state index contributed by atoms with van der Waals surface area (Å²) < 4.78 is 0. The molecule has 0 heterocycles. The van der Waals surface area contributed by atoms with Crippen LogP contribution in [0.5, 0.6) is 0 Å². The van der Waals surface area contributed by atoms with E-state index < -0.39 is 12.1 Å². The van der Waals surface area contributed by atoms with Crippen molar-refractivity contribution in [3.63, 3.8) is 0 Å². The van der Waals surface area contributed by atoms with Crippen molar-refractivity contribution in [1.29, 1.82) is 0 Å². The minimum Gasteiger partial charge on any atom is -0.478 e. The maximum absolute atomic E-state index is 10.2. The summed E-state index contributed by atoms with van der Waals surface area (Å²) in [6.07, 6.45) is 17.1. The van der Waals surface area contributed by atoms with E-state index in [1.807, 2.05) is 0 Å². The van der Waals surface area contributed by atoms with Gasteiger partial charge >= 0.3 is 5.97 Å². The van der Waals surface area contributed by atoms with Crippen LogP contribution in [-0.4, -0.2) is 22.3 Å². The molecule has 0 fully saturated rings. The van der Waals surface area contributed by atoms with Crippen molar-refractivity contribution >= 4 is 5.97 Å². The van der Waals surface area contributed by atoms with Crippen molar-refractivity contribution in [1.82, 2.24) is 0 Å². The highest BCUT2D eigenvalue weighted by atomic mass is 16.4. The van der Waals surface area contributed by atoms with E-state index in [-0.39, 0.29) is 0 Å². The molecule has 3 heteroatoms. The predicted molar refractivity (Wildman–Crippen MR) is 79.1 cm³/mol. The highest BCUT2D eigenvalue weighted by Gasteiger charge is 1.97. The Kier molecular flexibility index (Phi) is 12.2. The third-order valence-corrected chi connectivity index (χ3v) is 2.76. The first kappa shape index (κ1) is 17.6. The van der Waals surface area contributed by atoms with Crippen LogP contribution < -0.4 is 0 Å². The summed E-state index contributed by atoms with van der Waals surface area (Å²) in [6, 6.07) is 0. The van der Waals surface area contributed by atoms with Crippen molar-refractivity contribution < 1.29 is 15.0 Å². The molecule has 0 saturated carbocycles. The fourth-order valence-electron chi connectivity index (χ4n) is 1.69. The number of carbonyl (C=O) groups is 1. The zero-order valence-corrected chi connectivity index (χ0v) is 11.8. The maximum atomic E-state index is 10.2. The fraction of sp³-hybridized carbons (Fsp3) is 0.562. The molecule has 0 rings (SSSR count). The minimum atomic E-state index is -0.961. The lowest BCUT2D eigenvalue weighted by Gasteiger charge is -2.04. The first-order valence-corrected chi connectivity index (χ1v) is 7.09. The maximum Gasteiger partial charge on any atom is 0.328 e. The van der Waals surface area contributed by atoms with Crippen LogP contribution in [-0.2, 0) is 4.79 Å². The Morgan fingerprint density at radius 3 is 2.32 bits per heavy atom. The Morgan fingerprint density at radius 1 is 1.00 bits per heavy atom. The topological polar surface area (TPSA) is 57.5 Å². The predicted octanol–water partition coefficient (Wildman–Crippen LogP) is 3.85. The van der Waals surface area contributed by atoms with Crippen molar-refractivity contribution in [2.24, 2.45) is 0 Å². The Labute approximate surface area is 116 Å². The molecule has 0 bridgehead atoms. The molecule has 0 spiro atoms. The third kappa shape index (κ3) is 14.6. The number of hydrogen-bond acceptors (Lipinski definition) is 2. The van der Waals surface area contributed by atoms with Crippen molar-refractivity contribution in [3.05, 3.63) is 36.5 Å². The highest BCUT2D eigenvalue weighted by molar-refractivity contribution is 5.80. The Hall–Kier alpha value is -1.35. The lowest BCUT2D eigenvalue weighted by atomic mass is 10.1. The molecule has 19 heavy (non-hydrogen) atoms. The standard InChI is InChI=1S/C16H26O3/c1-2-3-4-5-6-9-12-15(17)13-10-7-8-11-14-16(18)19/h7-8,10-11,13-15,17H,2-6,9,12H2,1H3,(H,18,19)/t15-/m1/s1. The molecule has 0 aliphatic carbocycles. The minimum absolute atomic E-state index is 0.403. The monoisotopic (exact) mass is 266 g/mol. The van der Waals surface area contributed by atoms with Gasteiger partial charge in [0, 0.05) is 6.08 Å². The average Bonchev–Trinajstić information content (AvgIpc) is 2.37.